The number of carbonyl (C=O) groups is 1. The van der Waals surface area contributed by atoms with E-state index < -0.39 is 0 Å². The fourth-order valence-corrected chi connectivity index (χ4v) is 3.44. The standard InChI is InChI=1S/C22H24N4O2/c1-26(15-20-24-22(28-25-20)17-10-7-11-17)21(27)14-18(16-8-3-2-4-9-16)19-12-5-6-13-23-19/h2-6,8-9,12-13,17-18H,7,10-11,14-15H2,1H3/t18-/m1/s1. The molecule has 4 rings (SSSR count). The Labute approximate surface area is 164 Å². The summed E-state index contributed by atoms with van der Waals surface area (Å²) >= 11 is 0. The van der Waals surface area contributed by atoms with Crippen LogP contribution in [0, 0.1) is 0 Å². The van der Waals surface area contributed by atoms with Gasteiger partial charge < -0.3 is 9.42 Å². The maximum absolute atomic E-state index is 12.9. The van der Waals surface area contributed by atoms with Gasteiger partial charge in [-0.25, -0.2) is 0 Å². The van der Waals surface area contributed by atoms with Crippen LogP contribution in [0.1, 0.15) is 60.5 Å². The molecule has 0 saturated heterocycles. The summed E-state index contributed by atoms with van der Waals surface area (Å²) in [4.78, 5) is 23.5. The summed E-state index contributed by atoms with van der Waals surface area (Å²) in [7, 11) is 1.78. The van der Waals surface area contributed by atoms with Crippen molar-refractivity contribution in [3.05, 3.63) is 77.7 Å². The minimum Gasteiger partial charge on any atom is -0.339 e. The second kappa shape index (κ2) is 8.33. The minimum absolute atomic E-state index is 0.0227. The lowest BCUT2D eigenvalue weighted by Gasteiger charge is -2.21. The largest absolute Gasteiger partial charge is 0.339 e. The van der Waals surface area contributed by atoms with Gasteiger partial charge in [0.1, 0.15) is 0 Å². The van der Waals surface area contributed by atoms with Crippen LogP contribution in [-0.4, -0.2) is 33.0 Å². The Hall–Kier alpha value is -3.02. The second-order valence-electron chi connectivity index (χ2n) is 7.35. The summed E-state index contributed by atoms with van der Waals surface area (Å²) in [5.41, 5.74) is 1.97. The number of aromatic nitrogens is 3. The molecule has 144 valence electrons. The average molecular weight is 376 g/mol. The highest BCUT2D eigenvalue weighted by Gasteiger charge is 2.26. The molecule has 6 nitrogen and oxygen atoms in total. The first kappa shape index (κ1) is 18.3. The number of nitrogens with zero attached hydrogens (tertiary/aromatic N) is 4. The van der Waals surface area contributed by atoms with Crippen LogP contribution >= 0.6 is 0 Å². The topological polar surface area (TPSA) is 72.1 Å². The number of amides is 1. The van der Waals surface area contributed by atoms with E-state index in [4.69, 9.17) is 4.52 Å². The zero-order valence-electron chi connectivity index (χ0n) is 16.0. The van der Waals surface area contributed by atoms with E-state index in [1.807, 2.05) is 48.5 Å². The number of carbonyl (C=O) groups excluding carboxylic acids is 1. The number of rotatable bonds is 7. The van der Waals surface area contributed by atoms with Gasteiger partial charge in [-0.05, 0) is 30.5 Å². The van der Waals surface area contributed by atoms with Crippen molar-refractivity contribution in [3.63, 3.8) is 0 Å². The lowest BCUT2D eigenvalue weighted by atomic mass is 9.85. The highest BCUT2D eigenvalue weighted by molar-refractivity contribution is 5.77. The van der Waals surface area contributed by atoms with Crippen LogP contribution in [-0.2, 0) is 11.3 Å². The zero-order valence-corrected chi connectivity index (χ0v) is 16.0. The van der Waals surface area contributed by atoms with Crippen molar-refractivity contribution in [2.45, 2.75) is 44.1 Å². The third-order valence-corrected chi connectivity index (χ3v) is 5.37. The van der Waals surface area contributed by atoms with E-state index in [0.717, 1.165) is 24.1 Å². The lowest BCUT2D eigenvalue weighted by Crippen LogP contribution is -2.28. The van der Waals surface area contributed by atoms with E-state index in [1.54, 1.807) is 18.1 Å². The number of hydrogen-bond acceptors (Lipinski definition) is 5. The monoisotopic (exact) mass is 376 g/mol. The van der Waals surface area contributed by atoms with Crippen LogP contribution < -0.4 is 0 Å². The van der Waals surface area contributed by atoms with Gasteiger partial charge in [0.2, 0.25) is 11.8 Å². The zero-order chi connectivity index (χ0) is 19.3. The molecule has 0 spiro atoms. The number of benzene rings is 1. The lowest BCUT2D eigenvalue weighted by molar-refractivity contribution is -0.130. The molecule has 1 atom stereocenters. The molecule has 2 heterocycles. The molecule has 1 aliphatic carbocycles. The van der Waals surface area contributed by atoms with Crippen LogP contribution in [0.15, 0.2) is 59.3 Å². The van der Waals surface area contributed by atoms with Crippen molar-refractivity contribution in [3.8, 4) is 0 Å². The van der Waals surface area contributed by atoms with Gasteiger partial charge in [0.25, 0.3) is 0 Å². The maximum Gasteiger partial charge on any atom is 0.229 e. The van der Waals surface area contributed by atoms with E-state index in [9.17, 15) is 4.79 Å². The Morgan fingerprint density at radius 3 is 2.64 bits per heavy atom. The SMILES string of the molecule is CN(Cc1noc(C2CCC2)n1)C(=O)C[C@H](c1ccccc1)c1ccccn1. The van der Waals surface area contributed by atoms with Crippen molar-refractivity contribution in [2.75, 3.05) is 7.05 Å². The van der Waals surface area contributed by atoms with Crippen molar-refractivity contribution in [2.24, 2.45) is 0 Å². The average Bonchev–Trinajstić information content (AvgIpc) is 3.13. The third-order valence-electron chi connectivity index (χ3n) is 5.37. The van der Waals surface area contributed by atoms with Gasteiger partial charge in [-0.1, -0.05) is 48.0 Å². The Balaban J connectivity index is 1.45. The van der Waals surface area contributed by atoms with E-state index in [1.165, 1.54) is 6.42 Å². The molecule has 2 aromatic heterocycles. The molecular weight excluding hydrogens is 352 g/mol. The quantitative estimate of drug-likeness (QED) is 0.625. The molecule has 1 aliphatic rings. The molecule has 0 radical (unpaired) electrons. The fraction of sp³-hybridized carbons (Fsp3) is 0.364. The van der Waals surface area contributed by atoms with Crippen LogP contribution in [0.2, 0.25) is 0 Å². The Kier molecular flexibility index (Phi) is 5.46. The molecule has 1 amide bonds. The van der Waals surface area contributed by atoms with Crippen molar-refractivity contribution in [1.82, 2.24) is 20.0 Å². The summed E-state index contributed by atoms with van der Waals surface area (Å²) in [5.74, 6) is 1.60. The molecule has 0 bridgehead atoms. The fourth-order valence-electron chi connectivity index (χ4n) is 3.44. The molecule has 1 aromatic carbocycles. The van der Waals surface area contributed by atoms with Gasteiger partial charge in [-0.15, -0.1) is 0 Å². The summed E-state index contributed by atoms with van der Waals surface area (Å²) in [6.45, 7) is 0.346. The summed E-state index contributed by atoms with van der Waals surface area (Å²) in [6, 6.07) is 15.8. The van der Waals surface area contributed by atoms with E-state index in [-0.39, 0.29) is 11.8 Å². The first-order valence-electron chi connectivity index (χ1n) is 9.73. The van der Waals surface area contributed by atoms with Crippen LogP contribution in [0.4, 0.5) is 0 Å². The van der Waals surface area contributed by atoms with E-state index >= 15 is 0 Å². The highest BCUT2D eigenvalue weighted by Crippen LogP contribution is 2.35. The smallest absolute Gasteiger partial charge is 0.229 e. The molecule has 0 aliphatic heterocycles. The predicted molar refractivity (Wildman–Crippen MR) is 105 cm³/mol. The van der Waals surface area contributed by atoms with Crippen LogP contribution in [0.25, 0.3) is 0 Å². The summed E-state index contributed by atoms with van der Waals surface area (Å²) in [5, 5.41) is 4.04. The first-order valence-corrected chi connectivity index (χ1v) is 9.73. The van der Waals surface area contributed by atoms with Gasteiger partial charge in [0.15, 0.2) is 5.82 Å². The van der Waals surface area contributed by atoms with Gasteiger partial charge in [0, 0.05) is 37.2 Å². The van der Waals surface area contributed by atoms with Gasteiger partial charge in [-0.3, -0.25) is 9.78 Å². The first-order chi connectivity index (χ1) is 13.7. The summed E-state index contributed by atoms with van der Waals surface area (Å²) in [6.07, 6.45) is 5.54. The van der Waals surface area contributed by atoms with Gasteiger partial charge in [-0.2, -0.15) is 4.98 Å². The predicted octanol–water partition coefficient (Wildman–Crippen LogP) is 3.91. The number of pyridine rings is 1. The summed E-state index contributed by atoms with van der Waals surface area (Å²) < 4.78 is 5.36. The van der Waals surface area contributed by atoms with Crippen molar-refractivity contribution < 1.29 is 9.32 Å². The highest BCUT2D eigenvalue weighted by atomic mass is 16.5. The van der Waals surface area contributed by atoms with Crippen molar-refractivity contribution >= 4 is 5.91 Å². The normalized spacial score (nSPS) is 15.0. The Morgan fingerprint density at radius 2 is 1.96 bits per heavy atom. The van der Waals surface area contributed by atoms with E-state index in [0.29, 0.717) is 30.6 Å². The van der Waals surface area contributed by atoms with E-state index in [2.05, 4.69) is 15.1 Å². The van der Waals surface area contributed by atoms with Gasteiger partial charge in [0.05, 0.1) is 6.54 Å². The molecule has 0 unspecified atom stereocenters. The number of hydrogen-bond donors (Lipinski definition) is 0. The second-order valence-corrected chi connectivity index (χ2v) is 7.35. The Morgan fingerprint density at radius 1 is 1.18 bits per heavy atom. The maximum atomic E-state index is 12.9. The van der Waals surface area contributed by atoms with Crippen molar-refractivity contribution in [1.29, 1.82) is 0 Å². The molecule has 1 saturated carbocycles. The molecule has 6 heteroatoms. The molecule has 0 N–H and O–H groups in total. The molecular formula is C22H24N4O2. The minimum atomic E-state index is -0.0897. The molecule has 1 fully saturated rings. The molecule has 3 aromatic rings. The molecule has 28 heavy (non-hydrogen) atoms. The third kappa shape index (κ3) is 4.11. The van der Waals surface area contributed by atoms with Gasteiger partial charge >= 0.3 is 0 Å². The van der Waals surface area contributed by atoms with Crippen LogP contribution in [0.5, 0.6) is 0 Å². The van der Waals surface area contributed by atoms with Crippen LogP contribution in [0.3, 0.4) is 0 Å². The Bertz CT molecular complexity index is 867.